The maximum atomic E-state index is 13.2. The normalized spacial score (nSPS) is 30.4. The largest absolute Gasteiger partial charge is 0.469 e. The Hall–Kier alpha value is -2.56. The fraction of sp³-hybridized carbons (Fsp3) is 0.478. The molecule has 5 heteroatoms. The molecule has 2 unspecified atom stereocenters. The van der Waals surface area contributed by atoms with Gasteiger partial charge in [0.2, 0.25) is 5.91 Å². The van der Waals surface area contributed by atoms with Crippen LogP contribution in [0.4, 0.5) is 0 Å². The number of allylic oxidation sites excluding steroid dienone is 2. The zero-order valence-corrected chi connectivity index (χ0v) is 16.3. The molecule has 2 bridgehead atoms. The molecule has 1 saturated carbocycles. The second-order valence-electron chi connectivity index (χ2n) is 8.54. The monoisotopic (exact) mass is 378 g/mol. The second-order valence-corrected chi connectivity index (χ2v) is 8.54. The van der Waals surface area contributed by atoms with Crippen molar-refractivity contribution in [3.8, 4) is 0 Å². The van der Waals surface area contributed by atoms with Crippen molar-refractivity contribution in [3.05, 3.63) is 47.2 Å². The molecule has 28 heavy (non-hydrogen) atoms. The third-order valence-electron chi connectivity index (χ3n) is 6.91. The maximum Gasteiger partial charge on any atom is 0.310 e. The lowest BCUT2D eigenvalue weighted by Gasteiger charge is -2.29. The molecular weight excluding hydrogens is 352 g/mol. The highest BCUT2D eigenvalue weighted by Gasteiger charge is 2.52. The van der Waals surface area contributed by atoms with Gasteiger partial charge in [0.25, 0.3) is 0 Å². The van der Waals surface area contributed by atoms with Gasteiger partial charge in [-0.1, -0.05) is 23.8 Å². The van der Waals surface area contributed by atoms with Gasteiger partial charge in [0.05, 0.1) is 25.0 Å². The smallest absolute Gasteiger partial charge is 0.310 e. The van der Waals surface area contributed by atoms with Crippen molar-refractivity contribution < 1.29 is 14.3 Å². The van der Waals surface area contributed by atoms with Gasteiger partial charge in [0.15, 0.2) is 0 Å². The lowest BCUT2D eigenvalue weighted by atomic mass is 9.82. The van der Waals surface area contributed by atoms with E-state index in [4.69, 9.17) is 4.74 Å². The Bertz CT molecular complexity index is 989. The summed E-state index contributed by atoms with van der Waals surface area (Å²) in [6, 6.07) is 6.43. The molecule has 0 spiro atoms. The first-order chi connectivity index (χ1) is 13.6. The number of hydrogen-bond acceptors (Lipinski definition) is 3. The van der Waals surface area contributed by atoms with E-state index < -0.39 is 0 Å². The summed E-state index contributed by atoms with van der Waals surface area (Å²) in [5, 5.41) is 4.54. The highest BCUT2D eigenvalue weighted by molar-refractivity contribution is 5.89. The number of benzene rings is 1. The number of amides is 1. The first-order valence-corrected chi connectivity index (χ1v) is 10.2. The predicted octanol–water partition coefficient (Wildman–Crippen LogP) is 3.58. The molecular formula is C23H26N2O3. The molecule has 3 aliphatic carbocycles. The summed E-state index contributed by atoms with van der Waals surface area (Å²) < 4.78 is 5.01. The first-order valence-electron chi connectivity index (χ1n) is 10.2. The van der Waals surface area contributed by atoms with Crippen LogP contribution in [0.1, 0.15) is 42.1 Å². The summed E-state index contributed by atoms with van der Waals surface area (Å²) in [7, 11) is 1.41. The van der Waals surface area contributed by atoms with Crippen LogP contribution in [-0.4, -0.2) is 24.0 Å². The SMILES string of the molecule is COC(=O)[C@@H]1C(C(=O)NC2CCCc3c2[nH]c2ccc(C)cc32)[C@@H]2C=C[C@H]1C2. The Morgan fingerprint density at radius 3 is 2.75 bits per heavy atom. The van der Waals surface area contributed by atoms with E-state index in [2.05, 4.69) is 47.6 Å². The molecule has 0 radical (unpaired) electrons. The summed E-state index contributed by atoms with van der Waals surface area (Å²) in [6.45, 7) is 2.11. The van der Waals surface area contributed by atoms with Gasteiger partial charge in [0.1, 0.15) is 0 Å². The maximum absolute atomic E-state index is 13.2. The zero-order valence-electron chi connectivity index (χ0n) is 16.3. The number of nitrogens with one attached hydrogen (secondary N) is 2. The number of aryl methyl sites for hydroxylation is 2. The van der Waals surface area contributed by atoms with Gasteiger partial charge >= 0.3 is 5.97 Å². The minimum absolute atomic E-state index is 0.0139. The van der Waals surface area contributed by atoms with E-state index >= 15 is 0 Å². The van der Waals surface area contributed by atoms with E-state index in [0.717, 1.165) is 36.9 Å². The van der Waals surface area contributed by atoms with E-state index in [1.807, 2.05) is 0 Å². The fourth-order valence-corrected chi connectivity index (χ4v) is 5.63. The molecule has 1 fully saturated rings. The summed E-state index contributed by atoms with van der Waals surface area (Å²) in [6.07, 6.45) is 8.06. The molecule has 1 aromatic heterocycles. The third-order valence-corrected chi connectivity index (χ3v) is 6.91. The van der Waals surface area contributed by atoms with E-state index in [1.54, 1.807) is 0 Å². The molecule has 0 aliphatic heterocycles. The number of carbonyl (C=O) groups is 2. The van der Waals surface area contributed by atoms with Gasteiger partial charge in [0, 0.05) is 16.6 Å². The van der Waals surface area contributed by atoms with E-state index in [0.29, 0.717) is 0 Å². The summed E-state index contributed by atoms with van der Waals surface area (Å²) in [5.74, 6) is -0.677. The molecule has 5 atom stereocenters. The van der Waals surface area contributed by atoms with Crippen molar-refractivity contribution in [2.24, 2.45) is 23.7 Å². The Morgan fingerprint density at radius 2 is 1.96 bits per heavy atom. The third kappa shape index (κ3) is 2.60. The van der Waals surface area contributed by atoms with Crippen molar-refractivity contribution in [1.29, 1.82) is 0 Å². The molecule has 2 aromatic rings. The Kier molecular flexibility index (Phi) is 4.07. The van der Waals surface area contributed by atoms with E-state index in [9.17, 15) is 9.59 Å². The van der Waals surface area contributed by atoms with Crippen LogP contribution in [0.15, 0.2) is 30.4 Å². The van der Waals surface area contributed by atoms with Gasteiger partial charge < -0.3 is 15.0 Å². The first kappa shape index (κ1) is 17.5. The fourth-order valence-electron chi connectivity index (χ4n) is 5.63. The van der Waals surface area contributed by atoms with Crippen molar-refractivity contribution in [3.63, 3.8) is 0 Å². The average molecular weight is 378 g/mol. The van der Waals surface area contributed by atoms with Crippen LogP contribution < -0.4 is 5.32 Å². The van der Waals surface area contributed by atoms with E-state index in [1.165, 1.54) is 23.6 Å². The Morgan fingerprint density at radius 1 is 1.18 bits per heavy atom. The highest BCUT2D eigenvalue weighted by atomic mass is 16.5. The Balaban J connectivity index is 1.43. The van der Waals surface area contributed by atoms with E-state index in [-0.39, 0.29) is 41.6 Å². The summed E-state index contributed by atoms with van der Waals surface area (Å²) >= 11 is 0. The number of fused-ring (bicyclic) bond motifs is 5. The van der Waals surface area contributed by atoms with Crippen LogP contribution in [0, 0.1) is 30.6 Å². The summed E-state index contributed by atoms with van der Waals surface area (Å²) in [4.78, 5) is 29.1. The van der Waals surface area contributed by atoms with Crippen LogP contribution in [-0.2, 0) is 20.7 Å². The number of carbonyl (C=O) groups excluding carboxylic acids is 2. The van der Waals surface area contributed by atoms with Crippen LogP contribution in [0.5, 0.6) is 0 Å². The van der Waals surface area contributed by atoms with Gasteiger partial charge in [-0.3, -0.25) is 9.59 Å². The van der Waals surface area contributed by atoms with Crippen molar-refractivity contribution in [2.45, 2.75) is 38.6 Å². The highest BCUT2D eigenvalue weighted by Crippen LogP contribution is 2.49. The molecule has 2 N–H and O–H groups in total. The van der Waals surface area contributed by atoms with Crippen molar-refractivity contribution >= 4 is 22.8 Å². The van der Waals surface area contributed by atoms with Gasteiger partial charge in [-0.2, -0.15) is 0 Å². The molecule has 5 rings (SSSR count). The summed E-state index contributed by atoms with van der Waals surface area (Å²) in [5.41, 5.74) is 4.84. The van der Waals surface area contributed by atoms with Gasteiger partial charge in [-0.05, 0) is 62.1 Å². The van der Waals surface area contributed by atoms with Gasteiger partial charge in [-0.15, -0.1) is 0 Å². The quantitative estimate of drug-likeness (QED) is 0.633. The van der Waals surface area contributed by atoms with Gasteiger partial charge in [-0.25, -0.2) is 0 Å². The lowest BCUT2D eigenvalue weighted by Crippen LogP contribution is -2.42. The minimum atomic E-state index is -0.353. The number of ether oxygens (including phenoxy) is 1. The number of rotatable bonds is 3. The second kappa shape index (κ2) is 6.50. The predicted molar refractivity (Wildman–Crippen MR) is 107 cm³/mol. The number of aromatic nitrogens is 1. The number of esters is 1. The van der Waals surface area contributed by atoms with Crippen LogP contribution in [0.3, 0.4) is 0 Å². The molecule has 0 saturated heterocycles. The molecule has 1 aromatic carbocycles. The molecule has 1 heterocycles. The molecule has 5 nitrogen and oxygen atoms in total. The topological polar surface area (TPSA) is 71.2 Å². The van der Waals surface area contributed by atoms with Crippen LogP contribution >= 0.6 is 0 Å². The zero-order chi connectivity index (χ0) is 19.4. The number of methoxy groups -OCH3 is 1. The minimum Gasteiger partial charge on any atom is -0.469 e. The molecule has 3 aliphatic rings. The van der Waals surface area contributed by atoms with Crippen LogP contribution in [0.25, 0.3) is 10.9 Å². The number of H-pyrrole nitrogens is 1. The van der Waals surface area contributed by atoms with Crippen LogP contribution in [0.2, 0.25) is 0 Å². The average Bonchev–Trinajstić information content (AvgIpc) is 3.40. The standard InChI is InChI=1S/C23H26N2O3/c1-12-6-9-17-16(10-12)15-4-3-5-18(21(15)24-17)25-22(26)19-13-7-8-14(11-13)20(19)23(27)28-2/h6-10,13-14,18-20,24H,3-5,11H2,1-2H3,(H,25,26)/t13-,14+,18?,19?,20+/m1/s1. The molecule has 146 valence electrons. The molecule has 1 amide bonds. The Labute approximate surface area is 164 Å². The number of hydrogen-bond donors (Lipinski definition) is 2. The van der Waals surface area contributed by atoms with Crippen molar-refractivity contribution in [1.82, 2.24) is 10.3 Å². The lowest BCUT2D eigenvalue weighted by molar-refractivity contribution is -0.151. The van der Waals surface area contributed by atoms with Crippen molar-refractivity contribution in [2.75, 3.05) is 7.11 Å². The number of aromatic amines is 1.